The van der Waals surface area contributed by atoms with E-state index in [0.29, 0.717) is 17.0 Å². The fraction of sp³-hybridized carbons (Fsp3) is 0.0833. The van der Waals surface area contributed by atoms with Crippen molar-refractivity contribution >= 4 is 18.1 Å². The molecule has 3 N–H and O–H groups in total. The molecule has 2 aromatic rings. The van der Waals surface area contributed by atoms with Gasteiger partial charge in [0, 0.05) is 11.8 Å². The van der Waals surface area contributed by atoms with Crippen molar-refractivity contribution in [1.82, 2.24) is 0 Å². The first-order chi connectivity index (χ1) is 7.58. The zero-order valence-corrected chi connectivity index (χ0v) is 9.95. The van der Waals surface area contributed by atoms with E-state index in [-0.39, 0.29) is 23.7 Å². The Morgan fingerprint density at radius 2 is 2.00 bits per heavy atom. The number of aromatic hydroxyl groups is 1. The molecule has 0 aliphatic carbocycles. The monoisotopic (exact) mass is 253 g/mol. The van der Waals surface area contributed by atoms with Crippen LogP contribution in [0.3, 0.4) is 0 Å². The van der Waals surface area contributed by atoms with Crippen LogP contribution < -0.4 is 11.4 Å². The van der Waals surface area contributed by atoms with Gasteiger partial charge in [-0.2, -0.15) is 0 Å². The maximum Gasteiger partial charge on any atom is 0.347 e. The van der Waals surface area contributed by atoms with Crippen LogP contribution in [0.2, 0.25) is 0 Å². The molecule has 0 spiro atoms. The first-order valence-electron chi connectivity index (χ1n) is 4.77. The zero-order chi connectivity index (χ0) is 11.7. The Bertz CT molecular complexity index is 593. The van der Waals surface area contributed by atoms with Gasteiger partial charge in [-0.3, -0.25) is 0 Å². The predicted molar refractivity (Wildman–Crippen MR) is 68.5 cm³/mol. The minimum atomic E-state index is -0.567. The molecule has 90 valence electrons. The summed E-state index contributed by atoms with van der Waals surface area (Å²) in [5.74, 6) is 0.273. The van der Waals surface area contributed by atoms with Gasteiger partial charge in [0.2, 0.25) is 0 Å². The number of benzene rings is 1. The summed E-state index contributed by atoms with van der Waals surface area (Å²) in [6, 6.07) is 8.12. The van der Waals surface area contributed by atoms with Gasteiger partial charge in [-0.05, 0) is 24.6 Å². The Balaban J connectivity index is 0.00000144. The molecular weight excluding hydrogens is 242 g/mol. The van der Waals surface area contributed by atoms with Crippen LogP contribution >= 0.6 is 12.4 Å². The van der Waals surface area contributed by atoms with Crippen LogP contribution in [0.25, 0.3) is 11.1 Å². The molecule has 1 aromatic heterocycles. The molecule has 17 heavy (non-hydrogen) atoms. The molecule has 1 aromatic carbocycles. The van der Waals surface area contributed by atoms with Crippen molar-refractivity contribution in [3.63, 3.8) is 0 Å². The molecule has 0 bridgehead atoms. The average molecular weight is 254 g/mol. The highest BCUT2D eigenvalue weighted by atomic mass is 35.5. The van der Waals surface area contributed by atoms with Crippen molar-refractivity contribution in [3.8, 4) is 16.9 Å². The summed E-state index contributed by atoms with van der Waals surface area (Å²) in [5.41, 5.74) is 6.25. The second kappa shape index (κ2) is 4.93. The van der Waals surface area contributed by atoms with E-state index in [1.807, 2.05) is 0 Å². The number of hydrogen-bond donors (Lipinski definition) is 2. The van der Waals surface area contributed by atoms with Gasteiger partial charge >= 0.3 is 5.63 Å². The molecule has 0 saturated carbocycles. The molecule has 0 amide bonds. The molecule has 0 fully saturated rings. The second-order valence-electron chi connectivity index (χ2n) is 3.53. The highest BCUT2D eigenvalue weighted by Gasteiger charge is 2.11. The zero-order valence-electron chi connectivity index (χ0n) is 9.14. The Labute approximate surface area is 104 Å². The molecule has 2 rings (SSSR count). The average Bonchev–Trinajstić information content (AvgIpc) is 2.15. The van der Waals surface area contributed by atoms with Crippen LogP contribution in [-0.2, 0) is 0 Å². The predicted octanol–water partition coefficient (Wildman–Crippen LogP) is 2.32. The summed E-state index contributed by atoms with van der Waals surface area (Å²) >= 11 is 0. The van der Waals surface area contributed by atoms with E-state index >= 15 is 0 Å². The number of rotatable bonds is 1. The van der Waals surface area contributed by atoms with Gasteiger partial charge in [0.15, 0.2) is 0 Å². The Morgan fingerprint density at radius 1 is 1.29 bits per heavy atom. The van der Waals surface area contributed by atoms with Crippen LogP contribution in [0.1, 0.15) is 5.76 Å². The van der Waals surface area contributed by atoms with E-state index in [4.69, 9.17) is 10.2 Å². The lowest BCUT2D eigenvalue weighted by atomic mass is 10.1. The molecule has 0 aliphatic rings. The van der Waals surface area contributed by atoms with E-state index in [1.54, 1.807) is 31.2 Å². The van der Waals surface area contributed by atoms with Gasteiger partial charge in [-0.25, -0.2) is 4.79 Å². The highest BCUT2D eigenvalue weighted by molar-refractivity contribution is 5.85. The lowest BCUT2D eigenvalue weighted by molar-refractivity contribution is 0.438. The maximum atomic E-state index is 11.6. The standard InChI is InChI=1S/C12H11NO3.ClH/c1-7-5-10(14)11(12(15)16-7)8-3-2-4-9(13)6-8;/h2-6,14H,13H2,1H3;1H. The van der Waals surface area contributed by atoms with Crippen LogP contribution in [0.5, 0.6) is 5.75 Å². The third-order valence-corrected chi connectivity index (χ3v) is 2.23. The van der Waals surface area contributed by atoms with Crippen molar-refractivity contribution in [2.45, 2.75) is 6.92 Å². The normalized spacial score (nSPS) is 9.71. The lowest BCUT2D eigenvalue weighted by Crippen LogP contribution is -2.04. The van der Waals surface area contributed by atoms with Crippen molar-refractivity contribution in [3.05, 3.63) is 46.5 Å². The third kappa shape index (κ3) is 2.60. The number of halogens is 1. The smallest absolute Gasteiger partial charge is 0.347 e. The van der Waals surface area contributed by atoms with E-state index < -0.39 is 5.63 Å². The van der Waals surface area contributed by atoms with E-state index in [9.17, 15) is 9.90 Å². The molecule has 1 heterocycles. The Hall–Kier alpha value is -1.94. The fourth-order valence-electron chi connectivity index (χ4n) is 1.56. The van der Waals surface area contributed by atoms with Gasteiger partial charge in [0.1, 0.15) is 17.1 Å². The number of nitrogen functional groups attached to an aromatic ring is 1. The summed E-state index contributed by atoms with van der Waals surface area (Å²) in [4.78, 5) is 11.6. The van der Waals surface area contributed by atoms with Crippen LogP contribution in [0.15, 0.2) is 39.5 Å². The lowest BCUT2D eigenvalue weighted by Gasteiger charge is -2.04. The fourth-order valence-corrected chi connectivity index (χ4v) is 1.56. The third-order valence-electron chi connectivity index (χ3n) is 2.23. The van der Waals surface area contributed by atoms with Gasteiger partial charge < -0.3 is 15.3 Å². The molecule has 0 radical (unpaired) electrons. The molecule has 0 atom stereocenters. The van der Waals surface area contributed by atoms with Gasteiger partial charge in [-0.15, -0.1) is 12.4 Å². The summed E-state index contributed by atoms with van der Waals surface area (Å²) in [6.07, 6.45) is 0. The summed E-state index contributed by atoms with van der Waals surface area (Å²) < 4.78 is 4.93. The SMILES string of the molecule is Cc1cc(O)c(-c2cccc(N)c2)c(=O)o1.Cl. The Kier molecular flexibility index (Phi) is 3.81. The number of anilines is 1. The van der Waals surface area contributed by atoms with E-state index in [1.165, 1.54) is 6.07 Å². The van der Waals surface area contributed by atoms with Crippen LogP contribution in [0.4, 0.5) is 5.69 Å². The molecule has 4 nitrogen and oxygen atoms in total. The van der Waals surface area contributed by atoms with Crippen LogP contribution in [-0.4, -0.2) is 5.11 Å². The minimum absolute atomic E-state index is 0. The topological polar surface area (TPSA) is 76.5 Å². The van der Waals surface area contributed by atoms with Crippen molar-refractivity contribution in [2.75, 3.05) is 5.73 Å². The number of nitrogens with two attached hydrogens (primary N) is 1. The molecular formula is C12H12ClNO3. The number of hydrogen-bond acceptors (Lipinski definition) is 4. The van der Waals surface area contributed by atoms with Gasteiger partial charge in [0.05, 0.1) is 0 Å². The summed E-state index contributed by atoms with van der Waals surface area (Å²) in [7, 11) is 0. The van der Waals surface area contributed by atoms with E-state index in [2.05, 4.69) is 0 Å². The first kappa shape index (κ1) is 13.1. The summed E-state index contributed by atoms with van der Waals surface area (Å²) in [5, 5.41) is 9.72. The minimum Gasteiger partial charge on any atom is -0.507 e. The quantitative estimate of drug-likeness (QED) is 0.765. The van der Waals surface area contributed by atoms with E-state index in [0.717, 1.165) is 0 Å². The van der Waals surface area contributed by atoms with Gasteiger partial charge in [-0.1, -0.05) is 12.1 Å². The molecule has 0 saturated heterocycles. The molecule has 0 aliphatic heterocycles. The van der Waals surface area contributed by atoms with Crippen molar-refractivity contribution < 1.29 is 9.52 Å². The largest absolute Gasteiger partial charge is 0.507 e. The maximum absolute atomic E-state index is 11.6. The van der Waals surface area contributed by atoms with Crippen molar-refractivity contribution in [1.29, 1.82) is 0 Å². The van der Waals surface area contributed by atoms with Crippen LogP contribution in [0, 0.1) is 6.92 Å². The Morgan fingerprint density at radius 3 is 2.59 bits per heavy atom. The molecule has 0 unspecified atom stereocenters. The van der Waals surface area contributed by atoms with Gasteiger partial charge in [0.25, 0.3) is 0 Å². The second-order valence-corrected chi connectivity index (χ2v) is 3.53. The highest BCUT2D eigenvalue weighted by Crippen LogP contribution is 2.27. The first-order valence-corrected chi connectivity index (χ1v) is 4.77. The molecule has 5 heteroatoms. The summed E-state index contributed by atoms with van der Waals surface area (Å²) in [6.45, 7) is 1.60. The van der Waals surface area contributed by atoms with Crippen molar-refractivity contribution in [2.24, 2.45) is 0 Å². The number of aryl methyl sites for hydroxylation is 1.